The van der Waals surface area contributed by atoms with Gasteiger partial charge in [-0.15, -0.1) is 0 Å². The second kappa shape index (κ2) is 7.16. The van der Waals surface area contributed by atoms with Crippen molar-refractivity contribution in [3.05, 3.63) is 59.7 Å². The van der Waals surface area contributed by atoms with E-state index in [1.807, 2.05) is 0 Å². The zero-order valence-electron chi connectivity index (χ0n) is 11.0. The first-order valence-corrected chi connectivity index (χ1v) is 6.51. The molecule has 0 unspecified atom stereocenters. The summed E-state index contributed by atoms with van der Waals surface area (Å²) < 4.78 is 0. The molecule has 0 heterocycles. The van der Waals surface area contributed by atoms with E-state index in [0.29, 0.717) is 11.1 Å². The summed E-state index contributed by atoms with van der Waals surface area (Å²) in [6.07, 6.45) is 2.89. The van der Waals surface area contributed by atoms with Gasteiger partial charge in [0.2, 0.25) is 5.11 Å². The van der Waals surface area contributed by atoms with Crippen molar-refractivity contribution in [1.82, 2.24) is 5.43 Å². The summed E-state index contributed by atoms with van der Waals surface area (Å²) in [7, 11) is 0. The minimum Gasteiger partial charge on any atom is -0.507 e. The molecule has 0 aliphatic heterocycles. The predicted molar refractivity (Wildman–Crippen MR) is 87.1 cm³/mol. The Bertz CT molecular complexity index is 699. The number of nitrogens with one attached hydrogen (secondary N) is 1. The van der Waals surface area contributed by atoms with Crippen molar-refractivity contribution in [2.24, 2.45) is 10.1 Å². The first-order valence-electron chi connectivity index (χ1n) is 6.10. The number of nitrogens with zero attached hydrogens (tertiary/aromatic N) is 2. The predicted octanol–water partition coefficient (Wildman–Crippen LogP) is 2.43. The quantitative estimate of drug-likeness (QED) is 0.462. The maximum Gasteiger partial charge on any atom is 0.213 e. The van der Waals surface area contributed by atoms with E-state index >= 15 is 0 Å². The lowest BCUT2D eigenvalue weighted by atomic mass is 10.2. The number of hydrogen-bond acceptors (Lipinski definition) is 4. The highest BCUT2D eigenvalue weighted by atomic mass is 32.1. The number of hydrazone groups is 1. The number of phenolic OH excluding ortho intramolecular Hbond substituents is 2. The van der Waals surface area contributed by atoms with Gasteiger partial charge in [-0.25, -0.2) is 4.99 Å². The van der Waals surface area contributed by atoms with Gasteiger partial charge >= 0.3 is 0 Å². The van der Waals surface area contributed by atoms with Crippen LogP contribution in [0.2, 0.25) is 0 Å². The number of hydrogen-bond donors (Lipinski definition) is 3. The summed E-state index contributed by atoms with van der Waals surface area (Å²) in [4.78, 5) is 3.97. The van der Waals surface area contributed by atoms with E-state index in [2.05, 4.69) is 15.5 Å². The van der Waals surface area contributed by atoms with Crippen molar-refractivity contribution in [3.63, 3.8) is 0 Å². The Labute approximate surface area is 127 Å². The maximum atomic E-state index is 9.57. The second-order valence-electron chi connectivity index (χ2n) is 4.05. The molecule has 0 aliphatic rings. The fourth-order valence-corrected chi connectivity index (χ4v) is 1.61. The van der Waals surface area contributed by atoms with Crippen LogP contribution in [0, 0.1) is 0 Å². The molecule has 106 valence electrons. The van der Waals surface area contributed by atoms with Crippen molar-refractivity contribution in [1.29, 1.82) is 0 Å². The molecule has 0 saturated heterocycles. The number of benzene rings is 2. The third-order valence-corrected chi connectivity index (χ3v) is 2.75. The number of aromatic hydroxyl groups is 2. The largest absolute Gasteiger partial charge is 0.507 e. The topological polar surface area (TPSA) is 77.2 Å². The van der Waals surface area contributed by atoms with Gasteiger partial charge in [0.25, 0.3) is 0 Å². The van der Waals surface area contributed by atoms with Gasteiger partial charge in [-0.05, 0) is 36.5 Å². The Hall–Kier alpha value is -2.73. The fraction of sp³-hybridized carbons (Fsp3) is 0. The van der Waals surface area contributed by atoms with Crippen molar-refractivity contribution < 1.29 is 10.2 Å². The molecule has 0 saturated carbocycles. The van der Waals surface area contributed by atoms with Gasteiger partial charge in [0.15, 0.2) is 0 Å². The molecule has 21 heavy (non-hydrogen) atoms. The Morgan fingerprint density at radius 3 is 2.00 bits per heavy atom. The van der Waals surface area contributed by atoms with Gasteiger partial charge < -0.3 is 10.2 Å². The summed E-state index contributed by atoms with van der Waals surface area (Å²) >= 11 is 4.98. The highest BCUT2D eigenvalue weighted by molar-refractivity contribution is 7.80. The maximum absolute atomic E-state index is 9.57. The van der Waals surface area contributed by atoms with Crippen LogP contribution in [0.15, 0.2) is 58.6 Å². The SMILES string of the molecule is Oc1ccccc1/C=N\C(=S)N/N=C/c1ccccc1O. The molecular weight excluding hydrogens is 286 g/mol. The van der Waals surface area contributed by atoms with Crippen LogP contribution in [0.25, 0.3) is 0 Å². The average Bonchev–Trinajstić information content (AvgIpc) is 2.48. The Morgan fingerprint density at radius 1 is 0.905 bits per heavy atom. The fourth-order valence-electron chi connectivity index (χ4n) is 1.51. The lowest BCUT2D eigenvalue weighted by Gasteiger charge is -1.99. The molecule has 0 aromatic heterocycles. The molecule has 0 amide bonds. The van der Waals surface area contributed by atoms with Crippen LogP contribution in [0.3, 0.4) is 0 Å². The highest BCUT2D eigenvalue weighted by Crippen LogP contribution is 2.13. The van der Waals surface area contributed by atoms with E-state index < -0.39 is 0 Å². The van der Waals surface area contributed by atoms with Gasteiger partial charge in [-0.3, -0.25) is 5.43 Å². The number of rotatable bonds is 3. The van der Waals surface area contributed by atoms with Crippen LogP contribution < -0.4 is 5.43 Å². The van der Waals surface area contributed by atoms with E-state index in [9.17, 15) is 10.2 Å². The molecule has 0 aliphatic carbocycles. The molecule has 2 rings (SSSR count). The molecular formula is C15H13N3O2S. The van der Waals surface area contributed by atoms with Crippen LogP contribution in [0.5, 0.6) is 11.5 Å². The van der Waals surface area contributed by atoms with E-state index in [-0.39, 0.29) is 16.6 Å². The summed E-state index contributed by atoms with van der Waals surface area (Å²) in [6, 6.07) is 13.6. The third-order valence-electron chi connectivity index (χ3n) is 2.56. The lowest BCUT2D eigenvalue weighted by molar-refractivity contribution is 0.474. The van der Waals surface area contributed by atoms with E-state index in [1.165, 1.54) is 12.4 Å². The Balaban J connectivity index is 1.94. The standard InChI is InChI=1S/C15H13N3O2S/c19-13-7-3-1-5-11(13)9-16-15(21)18-17-10-12-6-2-4-8-14(12)20/h1-10,19-20H,(H,18,21)/b16-9-,17-10+. The van der Waals surface area contributed by atoms with Gasteiger partial charge in [0.1, 0.15) is 11.5 Å². The number of thiocarbonyl (C=S) groups is 1. The molecule has 6 heteroatoms. The zero-order chi connectivity index (χ0) is 15.1. The second-order valence-corrected chi connectivity index (χ2v) is 4.44. The normalized spacial score (nSPS) is 11.0. The molecule has 0 radical (unpaired) electrons. The highest BCUT2D eigenvalue weighted by Gasteiger charge is 1.97. The average molecular weight is 299 g/mol. The first-order chi connectivity index (χ1) is 10.2. The molecule has 5 nitrogen and oxygen atoms in total. The molecule has 0 atom stereocenters. The van der Waals surface area contributed by atoms with Crippen LogP contribution in [0.4, 0.5) is 0 Å². The van der Waals surface area contributed by atoms with Gasteiger partial charge in [-0.2, -0.15) is 5.10 Å². The van der Waals surface area contributed by atoms with E-state index in [4.69, 9.17) is 12.2 Å². The molecule has 0 fully saturated rings. The van der Waals surface area contributed by atoms with Crippen LogP contribution in [-0.2, 0) is 0 Å². The smallest absolute Gasteiger partial charge is 0.213 e. The van der Waals surface area contributed by atoms with Crippen LogP contribution >= 0.6 is 12.2 Å². The molecule has 2 aromatic carbocycles. The van der Waals surface area contributed by atoms with Crippen molar-refractivity contribution in [2.45, 2.75) is 0 Å². The first kappa shape index (κ1) is 14.7. The number of aliphatic imine (C=N–C) groups is 1. The Morgan fingerprint density at radius 2 is 1.43 bits per heavy atom. The molecule has 3 N–H and O–H groups in total. The number of phenols is 2. The third kappa shape index (κ3) is 4.39. The van der Waals surface area contributed by atoms with Gasteiger partial charge in [-0.1, -0.05) is 24.3 Å². The molecule has 2 aromatic rings. The Kier molecular flexibility index (Phi) is 5.00. The minimum atomic E-state index is 0.127. The minimum absolute atomic E-state index is 0.127. The zero-order valence-corrected chi connectivity index (χ0v) is 11.8. The summed E-state index contributed by atoms with van der Waals surface area (Å²) in [5.41, 5.74) is 3.69. The van der Waals surface area contributed by atoms with E-state index in [0.717, 1.165) is 0 Å². The monoisotopic (exact) mass is 299 g/mol. The molecule has 0 spiro atoms. The summed E-state index contributed by atoms with van der Waals surface area (Å²) in [5.74, 6) is 0.258. The van der Waals surface area contributed by atoms with Crippen molar-refractivity contribution in [2.75, 3.05) is 0 Å². The van der Waals surface area contributed by atoms with Gasteiger partial charge in [0, 0.05) is 17.3 Å². The van der Waals surface area contributed by atoms with E-state index in [1.54, 1.807) is 48.5 Å². The molecule has 0 bridgehead atoms. The summed E-state index contributed by atoms with van der Waals surface area (Å²) in [5, 5.41) is 23.1. The van der Waals surface area contributed by atoms with Crippen LogP contribution in [0.1, 0.15) is 11.1 Å². The number of para-hydroxylation sites is 2. The van der Waals surface area contributed by atoms with Crippen LogP contribution in [-0.4, -0.2) is 27.8 Å². The van der Waals surface area contributed by atoms with Gasteiger partial charge in [0.05, 0.1) is 6.21 Å². The lowest BCUT2D eigenvalue weighted by Crippen LogP contribution is -2.12. The summed E-state index contributed by atoms with van der Waals surface area (Å²) in [6.45, 7) is 0. The van der Waals surface area contributed by atoms with Crippen molar-refractivity contribution in [3.8, 4) is 11.5 Å². The van der Waals surface area contributed by atoms with Crippen molar-refractivity contribution >= 4 is 29.8 Å².